The molecule has 1 aromatic carbocycles. The molecule has 0 aliphatic rings. The third-order valence-corrected chi connectivity index (χ3v) is 3.67. The predicted octanol–water partition coefficient (Wildman–Crippen LogP) is 3.33. The second-order valence-corrected chi connectivity index (χ2v) is 5.54. The van der Waals surface area contributed by atoms with Gasteiger partial charge in [0.25, 0.3) is 0 Å². The number of aromatic nitrogens is 2. The molecule has 0 aliphatic heterocycles. The zero-order valence-electron chi connectivity index (χ0n) is 11.3. The highest BCUT2D eigenvalue weighted by Crippen LogP contribution is 2.21. The molecule has 6 heteroatoms. The number of thioether (sulfide) groups is 1. The molecule has 0 aliphatic carbocycles. The number of hydrogen-bond acceptors (Lipinski definition) is 3. The van der Waals surface area contributed by atoms with Crippen LogP contribution in [0.2, 0.25) is 0 Å². The molecule has 4 nitrogen and oxygen atoms in total. The van der Waals surface area contributed by atoms with Crippen LogP contribution in [-0.2, 0) is 4.79 Å². The summed E-state index contributed by atoms with van der Waals surface area (Å²) in [7, 11) is 0. The summed E-state index contributed by atoms with van der Waals surface area (Å²) in [5.41, 5.74) is 0. The summed E-state index contributed by atoms with van der Waals surface area (Å²) in [5.74, 6) is 0.321. The monoisotopic (exact) mass is 293 g/mol. The number of halogens is 1. The van der Waals surface area contributed by atoms with Crippen LogP contribution in [0, 0.1) is 5.82 Å². The molecule has 0 spiro atoms. The van der Waals surface area contributed by atoms with Crippen molar-refractivity contribution >= 4 is 23.5 Å². The van der Waals surface area contributed by atoms with Crippen molar-refractivity contribution in [2.75, 3.05) is 11.1 Å². The third-order valence-electron chi connectivity index (χ3n) is 2.62. The van der Waals surface area contributed by atoms with Crippen LogP contribution in [0.15, 0.2) is 41.4 Å². The number of amides is 1. The molecule has 0 atom stereocenters. The Balaban J connectivity index is 1.93. The maximum atomic E-state index is 13.4. The van der Waals surface area contributed by atoms with Gasteiger partial charge in [0.15, 0.2) is 0 Å². The summed E-state index contributed by atoms with van der Waals surface area (Å²) in [6, 6.07) is 8.32. The van der Waals surface area contributed by atoms with E-state index in [2.05, 4.69) is 10.4 Å². The van der Waals surface area contributed by atoms with E-state index in [-0.39, 0.29) is 23.5 Å². The lowest BCUT2D eigenvalue weighted by molar-refractivity contribution is -0.113. The fourth-order valence-corrected chi connectivity index (χ4v) is 2.45. The van der Waals surface area contributed by atoms with Gasteiger partial charge in [-0.25, -0.2) is 9.07 Å². The molecule has 1 aromatic heterocycles. The Morgan fingerprint density at radius 2 is 2.15 bits per heavy atom. The number of benzene rings is 1. The maximum absolute atomic E-state index is 13.4. The van der Waals surface area contributed by atoms with Gasteiger partial charge in [0.05, 0.1) is 11.9 Å². The average Bonchev–Trinajstić information content (AvgIpc) is 2.86. The highest BCUT2D eigenvalue weighted by atomic mass is 32.2. The second-order valence-electron chi connectivity index (χ2n) is 4.52. The van der Waals surface area contributed by atoms with Crippen molar-refractivity contribution in [3.05, 3.63) is 42.3 Å². The van der Waals surface area contributed by atoms with Crippen molar-refractivity contribution < 1.29 is 9.18 Å². The number of carbonyl (C=O) groups is 1. The Hall–Kier alpha value is -1.82. The minimum absolute atomic E-state index is 0.157. The Labute approximate surface area is 121 Å². The van der Waals surface area contributed by atoms with Crippen LogP contribution < -0.4 is 5.32 Å². The number of rotatable bonds is 5. The quantitative estimate of drug-likeness (QED) is 0.860. The topological polar surface area (TPSA) is 46.9 Å². The van der Waals surface area contributed by atoms with Gasteiger partial charge >= 0.3 is 0 Å². The van der Waals surface area contributed by atoms with Crippen molar-refractivity contribution in [3.8, 4) is 0 Å². The normalized spacial score (nSPS) is 10.8. The van der Waals surface area contributed by atoms with Gasteiger partial charge in [-0.15, -0.1) is 11.8 Å². The Bertz CT molecular complexity index is 598. The van der Waals surface area contributed by atoms with E-state index in [1.54, 1.807) is 35.1 Å². The van der Waals surface area contributed by atoms with Crippen molar-refractivity contribution in [2.24, 2.45) is 0 Å². The zero-order chi connectivity index (χ0) is 14.5. The number of hydrogen-bond donors (Lipinski definition) is 1. The standard InChI is InChI=1S/C14H16FN3OS/c1-10(2)18-13(7-8-16-18)17-14(19)9-20-12-6-4-3-5-11(12)15/h3-8,10H,9H2,1-2H3,(H,17,19). The average molecular weight is 293 g/mol. The lowest BCUT2D eigenvalue weighted by atomic mass is 10.3. The summed E-state index contributed by atoms with van der Waals surface area (Å²) in [5, 5.41) is 6.92. The van der Waals surface area contributed by atoms with Crippen LogP contribution in [0.3, 0.4) is 0 Å². The van der Waals surface area contributed by atoms with Crippen LogP contribution in [0.1, 0.15) is 19.9 Å². The molecule has 0 unspecified atom stereocenters. The van der Waals surface area contributed by atoms with E-state index in [9.17, 15) is 9.18 Å². The first kappa shape index (κ1) is 14.6. The second kappa shape index (κ2) is 6.56. The molecule has 106 valence electrons. The highest BCUT2D eigenvalue weighted by Gasteiger charge is 2.10. The van der Waals surface area contributed by atoms with Crippen LogP contribution in [0.4, 0.5) is 10.2 Å². The maximum Gasteiger partial charge on any atom is 0.235 e. The third kappa shape index (κ3) is 3.60. The molecule has 1 amide bonds. The fraction of sp³-hybridized carbons (Fsp3) is 0.286. The molecule has 0 saturated heterocycles. The number of nitrogens with one attached hydrogen (secondary N) is 1. The minimum Gasteiger partial charge on any atom is -0.310 e. The SMILES string of the molecule is CC(C)n1nccc1NC(=O)CSc1ccccc1F. The molecule has 2 rings (SSSR count). The van der Waals surface area contributed by atoms with Crippen LogP contribution in [0.5, 0.6) is 0 Å². The predicted molar refractivity (Wildman–Crippen MR) is 78.4 cm³/mol. The van der Waals surface area contributed by atoms with Gasteiger partial charge in [-0.3, -0.25) is 4.79 Å². The zero-order valence-corrected chi connectivity index (χ0v) is 12.2. The molecule has 0 fully saturated rings. The van der Waals surface area contributed by atoms with Gasteiger partial charge < -0.3 is 5.32 Å². The van der Waals surface area contributed by atoms with Crippen LogP contribution in [0.25, 0.3) is 0 Å². The molecule has 20 heavy (non-hydrogen) atoms. The summed E-state index contributed by atoms with van der Waals surface area (Å²) in [6.07, 6.45) is 1.64. The van der Waals surface area contributed by atoms with Crippen molar-refractivity contribution in [3.63, 3.8) is 0 Å². The smallest absolute Gasteiger partial charge is 0.235 e. The Kier molecular flexibility index (Phi) is 4.79. The molecular weight excluding hydrogens is 277 g/mol. The first-order valence-corrected chi connectivity index (χ1v) is 7.27. The molecule has 1 heterocycles. The van der Waals surface area contributed by atoms with E-state index in [4.69, 9.17) is 0 Å². The van der Waals surface area contributed by atoms with E-state index < -0.39 is 0 Å². The lowest BCUT2D eigenvalue weighted by Crippen LogP contribution is -2.18. The highest BCUT2D eigenvalue weighted by molar-refractivity contribution is 8.00. The molecule has 0 saturated carbocycles. The van der Waals surface area contributed by atoms with E-state index in [0.29, 0.717) is 10.7 Å². The van der Waals surface area contributed by atoms with Gasteiger partial charge in [-0.1, -0.05) is 12.1 Å². The van der Waals surface area contributed by atoms with E-state index in [1.807, 2.05) is 13.8 Å². The first-order valence-electron chi connectivity index (χ1n) is 6.28. The van der Waals surface area contributed by atoms with Crippen molar-refractivity contribution in [1.29, 1.82) is 0 Å². The lowest BCUT2D eigenvalue weighted by Gasteiger charge is -2.11. The molecule has 0 bridgehead atoms. The van der Waals surface area contributed by atoms with Gasteiger partial charge in [-0.05, 0) is 26.0 Å². The van der Waals surface area contributed by atoms with Gasteiger partial charge in [-0.2, -0.15) is 5.10 Å². The van der Waals surface area contributed by atoms with E-state index >= 15 is 0 Å². The van der Waals surface area contributed by atoms with Crippen LogP contribution >= 0.6 is 11.8 Å². The summed E-state index contributed by atoms with van der Waals surface area (Å²) in [4.78, 5) is 12.3. The van der Waals surface area contributed by atoms with Crippen LogP contribution in [-0.4, -0.2) is 21.4 Å². The summed E-state index contributed by atoms with van der Waals surface area (Å²) >= 11 is 1.17. The van der Waals surface area contributed by atoms with Gasteiger partial charge in [0.2, 0.25) is 5.91 Å². The summed E-state index contributed by atoms with van der Waals surface area (Å²) < 4.78 is 15.1. The molecular formula is C14H16FN3OS. The number of anilines is 1. The number of nitrogens with zero attached hydrogens (tertiary/aromatic N) is 2. The van der Waals surface area contributed by atoms with E-state index in [0.717, 1.165) is 0 Å². The van der Waals surface area contributed by atoms with Crippen molar-refractivity contribution in [1.82, 2.24) is 9.78 Å². The molecule has 0 radical (unpaired) electrons. The Morgan fingerprint density at radius 1 is 1.40 bits per heavy atom. The van der Waals surface area contributed by atoms with E-state index in [1.165, 1.54) is 17.8 Å². The van der Waals surface area contributed by atoms with Gasteiger partial charge in [0, 0.05) is 17.0 Å². The largest absolute Gasteiger partial charge is 0.310 e. The first-order chi connectivity index (χ1) is 9.58. The molecule has 1 N–H and O–H groups in total. The minimum atomic E-state index is -0.308. The Morgan fingerprint density at radius 3 is 2.85 bits per heavy atom. The number of carbonyl (C=O) groups excluding carboxylic acids is 1. The van der Waals surface area contributed by atoms with Crippen molar-refractivity contribution in [2.45, 2.75) is 24.8 Å². The fourth-order valence-electron chi connectivity index (χ4n) is 1.71. The summed E-state index contributed by atoms with van der Waals surface area (Å²) in [6.45, 7) is 3.97. The molecule has 2 aromatic rings. The van der Waals surface area contributed by atoms with Gasteiger partial charge in [0.1, 0.15) is 11.6 Å².